The fourth-order valence-corrected chi connectivity index (χ4v) is 5.44. The number of benzene rings is 3. The van der Waals surface area contributed by atoms with Gasteiger partial charge in [0.2, 0.25) is 11.8 Å². The number of hydrogen-bond donors (Lipinski definition) is 2. The zero-order chi connectivity index (χ0) is 26.9. The van der Waals surface area contributed by atoms with E-state index in [1.54, 1.807) is 18.2 Å². The normalized spacial score (nSPS) is 16.3. The number of hydrogen-bond acceptors (Lipinski definition) is 7. The van der Waals surface area contributed by atoms with E-state index < -0.39 is 16.1 Å². The van der Waals surface area contributed by atoms with Crippen LogP contribution < -0.4 is 19.5 Å². The highest BCUT2D eigenvalue weighted by molar-refractivity contribution is 7.92. The topological polar surface area (TPSA) is 102 Å². The molecule has 9 heteroatoms. The van der Waals surface area contributed by atoms with Gasteiger partial charge in [0.25, 0.3) is 10.0 Å². The molecule has 4 aromatic rings. The summed E-state index contributed by atoms with van der Waals surface area (Å²) in [6.45, 7) is 8.32. The van der Waals surface area contributed by atoms with Gasteiger partial charge in [-0.15, -0.1) is 0 Å². The molecule has 0 fully saturated rings. The summed E-state index contributed by atoms with van der Waals surface area (Å²) >= 11 is 0. The summed E-state index contributed by atoms with van der Waals surface area (Å²) in [5.74, 6) is 0.973. The summed E-state index contributed by atoms with van der Waals surface area (Å²) in [5, 5.41) is 3.32. The SMILES string of the molecule is Cc1cccc(C)c1-c1cc2nc(n1)NS(=O)(=O)c1cccc(c1)NCC(c1ccc(OC(C)C)cc1)O2. The molecule has 8 nitrogen and oxygen atoms in total. The molecule has 0 saturated carbocycles. The van der Waals surface area contributed by atoms with Gasteiger partial charge < -0.3 is 14.8 Å². The smallest absolute Gasteiger partial charge is 0.264 e. The zero-order valence-electron chi connectivity index (χ0n) is 21.7. The fraction of sp³-hybridized carbons (Fsp3) is 0.241. The second-order valence-electron chi connectivity index (χ2n) is 9.54. The molecule has 0 aliphatic carbocycles. The first-order valence-electron chi connectivity index (χ1n) is 12.4. The predicted octanol–water partition coefficient (Wildman–Crippen LogP) is 5.89. The van der Waals surface area contributed by atoms with Gasteiger partial charge in [-0.2, -0.15) is 4.98 Å². The fourth-order valence-electron chi connectivity index (χ4n) is 4.45. The van der Waals surface area contributed by atoms with Gasteiger partial charge in [-0.3, -0.25) is 0 Å². The predicted molar refractivity (Wildman–Crippen MR) is 148 cm³/mol. The van der Waals surface area contributed by atoms with Gasteiger partial charge in [0, 0.05) is 17.3 Å². The van der Waals surface area contributed by atoms with Crippen molar-refractivity contribution < 1.29 is 17.9 Å². The lowest BCUT2D eigenvalue weighted by molar-refractivity contribution is 0.209. The van der Waals surface area contributed by atoms with E-state index in [2.05, 4.69) is 20.0 Å². The van der Waals surface area contributed by atoms with Crippen LogP contribution in [0.2, 0.25) is 0 Å². The molecule has 2 heterocycles. The van der Waals surface area contributed by atoms with Crippen LogP contribution in [0.15, 0.2) is 77.7 Å². The van der Waals surface area contributed by atoms with Crippen molar-refractivity contribution in [1.29, 1.82) is 0 Å². The summed E-state index contributed by atoms with van der Waals surface area (Å²) in [6, 6.07) is 22.1. The molecule has 3 aromatic carbocycles. The number of sulfonamides is 1. The molecule has 38 heavy (non-hydrogen) atoms. The first-order valence-corrected chi connectivity index (χ1v) is 13.9. The van der Waals surface area contributed by atoms with Gasteiger partial charge in [0.05, 0.1) is 23.2 Å². The van der Waals surface area contributed by atoms with Crippen molar-refractivity contribution >= 4 is 21.7 Å². The van der Waals surface area contributed by atoms with Crippen LogP contribution in [0.4, 0.5) is 11.6 Å². The monoisotopic (exact) mass is 530 g/mol. The van der Waals surface area contributed by atoms with Gasteiger partial charge >= 0.3 is 0 Å². The Kier molecular flexibility index (Phi) is 6.94. The molecule has 0 radical (unpaired) electrons. The Labute approximate surface area is 223 Å². The van der Waals surface area contributed by atoms with Gasteiger partial charge in [0.1, 0.15) is 11.9 Å². The van der Waals surface area contributed by atoms with E-state index in [9.17, 15) is 8.42 Å². The van der Waals surface area contributed by atoms with Crippen LogP contribution >= 0.6 is 0 Å². The Bertz CT molecular complexity index is 1550. The molecular formula is C29H30N4O4S. The third kappa shape index (κ3) is 5.57. The van der Waals surface area contributed by atoms with Crippen molar-refractivity contribution in [3.8, 4) is 22.9 Å². The van der Waals surface area contributed by atoms with Crippen LogP contribution in [0, 0.1) is 13.8 Å². The lowest BCUT2D eigenvalue weighted by Crippen LogP contribution is -2.21. The number of aromatic nitrogens is 2. The molecule has 1 aromatic heterocycles. The van der Waals surface area contributed by atoms with Crippen LogP contribution in [0.1, 0.15) is 36.6 Å². The van der Waals surface area contributed by atoms with E-state index in [0.717, 1.165) is 28.0 Å². The molecular weight excluding hydrogens is 500 g/mol. The van der Waals surface area contributed by atoms with Gasteiger partial charge in [-0.25, -0.2) is 18.1 Å². The summed E-state index contributed by atoms with van der Waals surface area (Å²) in [6.07, 6.45) is -0.365. The number of rotatable bonds is 4. The molecule has 1 aliphatic heterocycles. The molecule has 0 amide bonds. The van der Waals surface area contributed by atoms with Crippen LogP contribution in [-0.4, -0.2) is 31.0 Å². The number of aryl methyl sites for hydroxylation is 2. The Morgan fingerprint density at radius 2 is 1.66 bits per heavy atom. The van der Waals surface area contributed by atoms with Crippen LogP contribution in [0.5, 0.6) is 11.6 Å². The highest BCUT2D eigenvalue weighted by Gasteiger charge is 2.22. The summed E-state index contributed by atoms with van der Waals surface area (Å²) in [5.41, 5.74) is 5.06. The lowest BCUT2D eigenvalue weighted by atomic mass is 10.00. The summed E-state index contributed by atoms with van der Waals surface area (Å²) in [4.78, 5) is 9.14. The van der Waals surface area contributed by atoms with Crippen molar-refractivity contribution in [3.63, 3.8) is 0 Å². The Morgan fingerprint density at radius 3 is 2.37 bits per heavy atom. The van der Waals surface area contributed by atoms with E-state index in [0.29, 0.717) is 17.9 Å². The molecule has 5 rings (SSSR count). The quantitative estimate of drug-likeness (QED) is 0.339. The summed E-state index contributed by atoms with van der Waals surface area (Å²) < 4.78 is 41.1. The van der Waals surface area contributed by atoms with E-state index in [1.807, 2.05) is 76.2 Å². The second kappa shape index (κ2) is 10.3. The maximum Gasteiger partial charge on any atom is 0.264 e. The average molecular weight is 531 g/mol. The number of anilines is 2. The Balaban J connectivity index is 1.62. The molecule has 0 spiro atoms. The molecule has 1 unspecified atom stereocenters. The molecule has 0 saturated heterocycles. The zero-order valence-corrected chi connectivity index (χ0v) is 22.5. The van der Waals surface area contributed by atoms with Crippen molar-refractivity contribution in [2.24, 2.45) is 0 Å². The number of nitrogens with zero attached hydrogens (tertiary/aromatic N) is 2. The molecule has 1 atom stereocenters. The number of nitrogens with one attached hydrogen (secondary N) is 2. The minimum absolute atomic E-state index is 0.0569. The molecule has 1 aliphatic rings. The Morgan fingerprint density at radius 1 is 0.947 bits per heavy atom. The average Bonchev–Trinajstić information content (AvgIpc) is 2.86. The highest BCUT2D eigenvalue weighted by Crippen LogP contribution is 2.32. The van der Waals surface area contributed by atoms with Gasteiger partial charge in [-0.05, 0) is 74.7 Å². The van der Waals surface area contributed by atoms with Crippen LogP contribution in [0.3, 0.4) is 0 Å². The van der Waals surface area contributed by atoms with E-state index >= 15 is 0 Å². The van der Waals surface area contributed by atoms with Crippen molar-refractivity contribution in [1.82, 2.24) is 9.97 Å². The number of ether oxygens (including phenoxy) is 2. The first kappa shape index (κ1) is 25.5. The minimum atomic E-state index is -3.93. The van der Waals surface area contributed by atoms with E-state index in [4.69, 9.17) is 9.47 Å². The lowest BCUT2D eigenvalue weighted by Gasteiger charge is -2.22. The Hall–Kier alpha value is -4.11. The van der Waals surface area contributed by atoms with Gasteiger partial charge in [0.15, 0.2) is 0 Å². The standard InChI is InChI=1S/C29H30N4O4S/c1-18(2)36-23-13-11-21(12-14-23)26-17-30-22-9-6-10-24(15-22)38(34,35)33-29-31-25(16-27(32-29)37-26)28-19(3)7-5-8-20(28)4/h5-16,18,26,30H,17H2,1-4H3,(H,31,32,33). The maximum atomic E-state index is 13.2. The first-order chi connectivity index (χ1) is 18.2. The maximum absolute atomic E-state index is 13.2. The molecule has 196 valence electrons. The molecule has 4 bridgehead atoms. The van der Waals surface area contributed by atoms with Crippen LogP contribution in [-0.2, 0) is 10.0 Å². The van der Waals surface area contributed by atoms with E-state index in [-0.39, 0.29) is 22.8 Å². The third-order valence-electron chi connectivity index (χ3n) is 6.19. The van der Waals surface area contributed by atoms with E-state index in [1.165, 1.54) is 6.07 Å². The highest BCUT2D eigenvalue weighted by atomic mass is 32.2. The number of fused-ring (bicyclic) bond motifs is 4. The van der Waals surface area contributed by atoms with Crippen LogP contribution in [0.25, 0.3) is 11.3 Å². The molecule has 2 N–H and O–H groups in total. The largest absolute Gasteiger partial charge is 0.491 e. The van der Waals surface area contributed by atoms with Crippen molar-refractivity contribution in [3.05, 3.63) is 89.5 Å². The van der Waals surface area contributed by atoms with Gasteiger partial charge in [-0.1, -0.05) is 36.4 Å². The summed E-state index contributed by atoms with van der Waals surface area (Å²) in [7, 11) is -3.93. The van der Waals surface area contributed by atoms with Crippen molar-refractivity contribution in [2.45, 2.75) is 44.8 Å². The van der Waals surface area contributed by atoms with Crippen molar-refractivity contribution in [2.75, 3.05) is 16.6 Å². The minimum Gasteiger partial charge on any atom is -0.491 e. The third-order valence-corrected chi connectivity index (χ3v) is 7.51. The second-order valence-corrected chi connectivity index (χ2v) is 11.2.